The first-order valence-electron chi connectivity index (χ1n) is 6.22. The molecule has 0 spiro atoms. The highest BCUT2D eigenvalue weighted by Crippen LogP contribution is 2.29. The molecule has 0 heterocycles. The van der Waals surface area contributed by atoms with Crippen LogP contribution in [0.25, 0.3) is 0 Å². The van der Waals surface area contributed by atoms with E-state index in [1.54, 1.807) is 0 Å². The first-order chi connectivity index (χ1) is 8.12. The number of sulfonamides is 1. The Morgan fingerprint density at radius 2 is 1.88 bits per heavy atom. The summed E-state index contributed by atoms with van der Waals surface area (Å²) in [5.74, 6) is 0. The van der Waals surface area contributed by atoms with Gasteiger partial charge in [0.05, 0.1) is 5.25 Å². The molecule has 94 valence electrons. The first kappa shape index (κ1) is 12.4. The van der Waals surface area contributed by atoms with Gasteiger partial charge >= 0.3 is 0 Å². The molecule has 0 aromatic heterocycles. The number of unbranched alkanes of at least 4 members (excludes halogenated alkanes) is 1. The van der Waals surface area contributed by atoms with Gasteiger partial charge in [0, 0.05) is 5.69 Å². The van der Waals surface area contributed by atoms with Crippen LogP contribution in [-0.4, -0.2) is 13.7 Å². The molecule has 0 unspecified atom stereocenters. The van der Waals surface area contributed by atoms with Gasteiger partial charge in [-0.15, -0.1) is 0 Å². The Bertz CT molecular complexity index is 461. The number of aryl methyl sites for hydroxylation is 1. The van der Waals surface area contributed by atoms with E-state index in [9.17, 15) is 8.42 Å². The highest BCUT2D eigenvalue weighted by molar-refractivity contribution is 7.93. The Balaban J connectivity index is 1.98. The third kappa shape index (κ3) is 3.46. The quantitative estimate of drug-likeness (QED) is 0.847. The minimum absolute atomic E-state index is 0.165. The van der Waals surface area contributed by atoms with E-state index in [-0.39, 0.29) is 5.25 Å². The van der Waals surface area contributed by atoms with Crippen molar-refractivity contribution in [3.63, 3.8) is 0 Å². The van der Waals surface area contributed by atoms with Crippen LogP contribution < -0.4 is 4.72 Å². The van der Waals surface area contributed by atoms with Crippen LogP contribution in [0.3, 0.4) is 0 Å². The second kappa shape index (κ2) is 5.08. The van der Waals surface area contributed by atoms with Gasteiger partial charge in [0.2, 0.25) is 10.0 Å². The lowest BCUT2D eigenvalue weighted by Gasteiger charge is -2.07. The van der Waals surface area contributed by atoms with E-state index in [0.29, 0.717) is 5.69 Å². The molecule has 1 aromatic carbocycles. The topological polar surface area (TPSA) is 46.2 Å². The standard InChI is InChI=1S/C13H19NO2S/c1-2-3-4-11-5-7-12(8-6-11)14-17(15,16)13-9-10-13/h5-8,13-14H,2-4,9-10H2,1H3. The summed E-state index contributed by atoms with van der Waals surface area (Å²) in [6.07, 6.45) is 5.00. The molecule has 1 aliphatic carbocycles. The predicted molar refractivity (Wildman–Crippen MR) is 70.6 cm³/mol. The van der Waals surface area contributed by atoms with Crippen molar-refractivity contribution < 1.29 is 8.42 Å². The molecule has 1 N–H and O–H groups in total. The minimum Gasteiger partial charge on any atom is -0.283 e. The fraction of sp³-hybridized carbons (Fsp3) is 0.538. The van der Waals surface area contributed by atoms with Gasteiger partial charge in [-0.2, -0.15) is 0 Å². The SMILES string of the molecule is CCCCc1ccc(NS(=O)(=O)C2CC2)cc1. The van der Waals surface area contributed by atoms with Crippen molar-refractivity contribution in [3.05, 3.63) is 29.8 Å². The molecule has 2 rings (SSSR count). The summed E-state index contributed by atoms with van der Waals surface area (Å²) < 4.78 is 26.1. The second-order valence-corrected chi connectivity index (χ2v) is 6.61. The van der Waals surface area contributed by atoms with E-state index < -0.39 is 10.0 Å². The molecule has 4 heteroatoms. The molecule has 1 saturated carbocycles. The maximum atomic E-state index is 11.7. The van der Waals surface area contributed by atoms with Gasteiger partial charge in [0.15, 0.2) is 0 Å². The largest absolute Gasteiger partial charge is 0.283 e. The zero-order valence-electron chi connectivity index (χ0n) is 10.1. The normalized spacial score (nSPS) is 15.8. The van der Waals surface area contributed by atoms with Crippen LogP contribution in [-0.2, 0) is 16.4 Å². The number of anilines is 1. The van der Waals surface area contributed by atoms with Crippen molar-refractivity contribution in [1.29, 1.82) is 0 Å². The van der Waals surface area contributed by atoms with Crippen molar-refractivity contribution in [2.75, 3.05) is 4.72 Å². The number of rotatable bonds is 6. The highest BCUT2D eigenvalue weighted by Gasteiger charge is 2.35. The lowest BCUT2D eigenvalue weighted by molar-refractivity contribution is 0.600. The summed E-state index contributed by atoms with van der Waals surface area (Å²) >= 11 is 0. The summed E-state index contributed by atoms with van der Waals surface area (Å²) in [7, 11) is -3.12. The van der Waals surface area contributed by atoms with Crippen LogP contribution in [0.4, 0.5) is 5.69 Å². The third-order valence-corrected chi connectivity index (χ3v) is 4.87. The minimum atomic E-state index is -3.12. The van der Waals surface area contributed by atoms with Crippen LogP contribution in [0.15, 0.2) is 24.3 Å². The fourth-order valence-corrected chi connectivity index (χ4v) is 3.13. The lowest BCUT2D eigenvalue weighted by Crippen LogP contribution is -2.17. The van der Waals surface area contributed by atoms with Crippen molar-refractivity contribution in [3.8, 4) is 0 Å². The molecule has 0 bridgehead atoms. The second-order valence-electron chi connectivity index (χ2n) is 4.65. The number of hydrogen-bond acceptors (Lipinski definition) is 2. The predicted octanol–water partition coefficient (Wildman–Crippen LogP) is 2.93. The van der Waals surface area contributed by atoms with Gasteiger partial charge < -0.3 is 0 Å². The molecule has 0 aliphatic heterocycles. The Morgan fingerprint density at radius 3 is 2.41 bits per heavy atom. The van der Waals surface area contributed by atoms with Crippen molar-refractivity contribution in [2.24, 2.45) is 0 Å². The van der Waals surface area contributed by atoms with Crippen LogP contribution in [0.5, 0.6) is 0 Å². The van der Waals surface area contributed by atoms with E-state index in [1.807, 2.05) is 24.3 Å². The highest BCUT2D eigenvalue weighted by atomic mass is 32.2. The van der Waals surface area contributed by atoms with Crippen molar-refractivity contribution >= 4 is 15.7 Å². The van der Waals surface area contributed by atoms with Gasteiger partial charge in [0.1, 0.15) is 0 Å². The maximum absolute atomic E-state index is 11.7. The first-order valence-corrected chi connectivity index (χ1v) is 7.77. The molecular weight excluding hydrogens is 234 g/mol. The molecule has 0 radical (unpaired) electrons. The lowest BCUT2D eigenvalue weighted by atomic mass is 10.1. The van der Waals surface area contributed by atoms with Gasteiger partial charge in [-0.25, -0.2) is 8.42 Å². The Kier molecular flexibility index (Phi) is 3.72. The summed E-state index contributed by atoms with van der Waals surface area (Å²) in [4.78, 5) is 0. The van der Waals surface area contributed by atoms with Crippen molar-refractivity contribution in [1.82, 2.24) is 0 Å². The Hall–Kier alpha value is -1.03. The summed E-state index contributed by atoms with van der Waals surface area (Å²) in [6.45, 7) is 2.16. The molecular formula is C13H19NO2S. The molecule has 0 atom stereocenters. The zero-order chi connectivity index (χ0) is 12.3. The zero-order valence-corrected chi connectivity index (χ0v) is 11.0. The Labute approximate surface area is 103 Å². The Morgan fingerprint density at radius 1 is 1.24 bits per heavy atom. The van der Waals surface area contributed by atoms with Crippen molar-refractivity contribution in [2.45, 2.75) is 44.3 Å². The van der Waals surface area contributed by atoms with E-state index in [2.05, 4.69) is 11.6 Å². The van der Waals surface area contributed by atoms with Gasteiger partial charge in [0.25, 0.3) is 0 Å². The fourth-order valence-electron chi connectivity index (χ4n) is 1.75. The van der Waals surface area contributed by atoms with Gasteiger partial charge in [-0.1, -0.05) is 25.5 Å². The van der Waals surface area contributed by atoms with E-state index in [1.165, 1.54) is 18.4 Å². The van der Waals surface area contributed by atoms with E-state index in [0.717, 1.165) is 19.3 Å². The van der Waals surface area contributed by atoms with Gasteiger partial charge in [-0.3, -0.25) is 4.72 Å². The number of nitrogens with one attached hydrogen (secondary N) is 1. The molecule has 3 nitrogen and oxygen atoms in total. The molecule has 0 saturated heterocycles. The molecule has 17 heavy (non-hydrogen) atoms. The number of benzene rings is 1. The van der Waals surface area contributed by atoms with E-state index >= 15 is 0 Å². The molecule has 1 aromatic rings. The maximum Gasteiger partial charge on any atom is 0.235 e. The van der Waals surface area contributed by atoms with Crippen LogP contribution in [0.2, 0.25) is 0 Å². The monoisotopic (exact) mass is 253 g/mol. The number of hydrogen-bond donors (Lipinski definition) is 1. The summed E-state index contributed by atoms with van der Waals surface area (Å²) in [6, 6.07) is 7.71. The average molecular weight is 253 g/mol. The smallest absolute Gasteiger partial charge is 0.235 e. The molecule has 1 fully saturated rings. The third-order valence-electron chi connectivity index (χ3n) is 3.00. The van der Waals surface area contributed by atoms with Crippen LogP contribution >= 0.6 is 0 Å². The summed E-state index contributed by atoms with van der Waals surface area (Å²) in [5.41, 5.74) is 1.94. The van der Waals surface area contributed by atoms with Crippen LogP contribution in [0.1, 0.15) is 38.2 Å². The van der Waals surface area contributed by atoms with Gasteiger partial charge in [-0.05, 0) is 43.4 Å². The van der Waals surface area contributed by atoms with E-state index in [4.69, 9.17) is 0 Å². The molecule has 0 amide bonds. The summed E-state index contributed by atoms with van der Waals surface area (Å²) in [5, 5.41) is -0.165. The van der Waals surface area contributed by atoms with Crippen LogP contribution in [0, 0.1) is 0 Å². The average Bonchev–Trinajstić information content (AvgIpc) is 3.12. The molecule has 1 aliphatic rings.